The number of halogens is 1. The SMILES string of the molecule is COc1ccccc1Oc1nc(N2CCN(C)CC2)nc2c1CN(C(=O)c1ccccc1Cl)CC2. The molecule has 1 aromatic heterocycles. The van der Waals surface area contributed by atoms with Crippen LogP contribution in [-0.2, 0) is 13.0 Å². The van der Waals surface area contributed by atoms with Gasteiger partial charge in [-0.05, 0) is 31.3 Å². The molecule has 182 valence electrons. The first kappa shape index (κ1) is 23.4. The number of likely N-dealkylation sites (N-methyl/N-ethyl adjacent to an activating group) is 1. The van der Waals surface area contributed by atoms with Gasteiger partial charge < -0.3 is 24.2 Å². The number of piperazine rings is 1. The number of hydrogen-bond acceptors (Lipinski definition) is 7. The molecule has 9 heteroatoms. The summed E-state index contributed by atoms with van der Waals surface area (Å²) in [5, 5.41) is 0.440. The van der Waals surface area contributed by atoms with Gasteiger partial charge in [0.1, 0.15) is 0 Å². The number of para-hydroxylation sites is 2. The molecule has 0 saturated carbocycles. The van der Waals surface area contributed by atoms with Crippen molar-refractivity contribution in [2.24, 2.45) is 0 Å². The van der Waals surface area contributed by atoms with Gasteiger partial charge in [0.15, 0.2) is 11.5 Å². The van der Waals surface area contributed by atoms with Crippen LogP contribution in [0.25, 0.3) is 0 Å². The molecule has 1 saturated heterocycles. The van der Waals surface area contributed by atoms with E-state index in [1.165, 1.54) is 0 Å². The minimum absolute atomic E-state index is 0.118. The lowest BCUT2D eigenvalue weighted by molar-refractivity contribution is 0.0732. The molecule has 2 aliphatic heterocycles. The average molecular weight is 494 g/mol. The van der Waals surface area contributed by atoms with Crippen molar-refractivity contribution in [1.29, 1.82) is 0 Å². The number of benzene rings is 2. The van der Waals surface area contributed by atoms with E-state index in [9.17, 15) is 4.79 Å². The van der Waals surface area contributed by atoms with Crippen LogP contribution in [0.1, 0.15) is 21.6 Å². The molecule has 8 nitrogen and oxygen atoms in total. The second kappa shape index (κ2) is 10.1. The van der Waals surface area contributed by atoms with E-state index in [-0.39, 0.29) is 5.91 Å². The molecule has 2 aliphatic rings. The van der Waals surface area contributed by atoms with Gasteiger partial charge in [-0.1, -0.05) is 35.9 Å². The first-order valence-electron chi connectivity index (χ1n) is 11.7. The summed E-state index contributed by atoms with van der Waals surface area (Å²) in [5.74, 6) is 2.17. The number of amides is 1. The molecule has 1 fully saturated rings. The molecule has 0 unspecified atom stereocenters. The van der Waals surface area contributed by atoms with Crippen molar-refractivity contribution in [2.45, 2.75) is 13.0 Å². The Morgan fingerprint density at radius 1 is 0.943 bits per heavy atom. The maximum absolute atomic E-state index is 13.3. The Bertz CT molecular complexity index is 1230. The first-order valence-corrected chi connectivity index (χ1v) is 12.1. The molecular weight excluding hydrogens is 466 g/mol. The van der Waals surface area contributed by atoms with Gasteiger partial charge in [0, 0.05) is 39.1 Å². The summed E-state index contributed by atoms with van der Waals surface area (Å²) < 4.78 is 11.8. The second-order valence-electron chi connectivity index (χ2n) is 8.75. The van der Waals surface area contributed by atoms with E-state index in [1.807, 2.05) is 36.4 Å². The molecule has 35 heavy (non-hydrogen) atoms. The maximum Gasteiger partial charge on any atom is 0.255 e. The lowest BCUT2D eigenvalue weighted by Crippen LogP contribution is -2.45. The highest BCUT2D eigenvalue weighted by atomic mass is 35.5. The Morgan fingerprint density at radius 2 is 1.66 bits per heavy atom. The smallest absolute Gasteiger partial charge is 0.255 e. The summed E-state index contributed by atoms with van der Waals surface area (Å²) in [6.07, 6.45) is 0.608. The zero-order chi connectivity index (χ0) is 24.4. The Balaban J connectivity index is 1.50. The molecule has 5 rings (SSSR count). The van der Waals surface area contributed by atoms with Gasteiger partial charge in [0.25, 0.3) is 5.91 Å². The third-order valence-corrected chi connectivity index (χ3v) is 6.79. The van der Waals surface area contributed by atoms with Crippen LogP contribution in [-0.4, -0.2) is 72.6 Å². The fourth-order valence-electron chi connectivity index (χ4n) is 4.39. The number of methoxy groups -OCH3 is 1. The number of anilines is 1. The molecule has 0 N–H and O–H groups in total. The number of fused-ring (bicyclic) bond motifs is 1. The molecule has 0 bridgehead atoms. The maximum atomic E-state index is 13.3. The zero-order valence-electron chi connectivity index (χ0n) is 19.9. The Morgan fingerprint density at radius 3 is 2.40 bits per heavy atom. The predicted molar refractivity (Wildman–Crippen MR) is 135 cm³/mol. The van der Waals surface area contributed by atoms with Crippen molar-refractivity contribution in [3.05, 3.63) is 70.4 Å². The monoisotopic (exact) mass is 493 g/mol. The molecule has 2 aromatic carbocycles. The fourth-order valence-corrected chi connectivity index (χ4v) is 4.61. The lowest BCUT2D eigenvalue weighted by atomic mass is 10.0. The first-order chi connectivity index (χ1) is 17.0. The summed E-state index contributed by atoms with van der Waals surface area (Å²) in [7, 11) is 3.73. The normalized spacial score (nSPS) is 16.1. The predicted octanol–water partition coefficient (Wildman–Crippen LogP) is 3.88. The lowest BCUT2D eigenvalue weighted by Gasteiger charge is -2.34. The van der Waals surface area contributed by atoms with Crippen LogP contribution in [0.4, 0.5) is 5.95 Å². The van der Waals surface area contributed by atoms with Gasteiger partial charge in [-0.25, -0.2) is 4.98 Å². The molecule has 0 atom stereocenters. The highest BCUT2D eigenvalue weighted by molar-refractivity contribution is 6.33. The van der Waals surface area contributed by atoms with E-state index in [4.69, 9.17) is 31.0 Å². The number of aromatic nitrogens is 2. The number of carbonyl (C=O) groups is 1. The number of rotatable bonds is 5. The summed E-state index contributed by atoms with van der Waals surface area (Å²) in [6.45, 7) is 4.48. The van der Waals surface area contributed by atoms with Crippen LogP contribution in [0.15, 0.2) is 48.5 Å². The van der Waals surface area contributed by atoms with Crippen molar-refractivity contribution in [1.82, 2.24) is 19.8 Å². The standard InChI is InChI=1S/C26H28ClN5O3/c1-30-13-15-31(16-14-30)26-28-21-11-12-32(25(33)18-7-3-4-8-20(18)27)17-19(21)24(29-26)35-23-10-6-5-9-22(23)34-2/h3-10H,11-17H2,1-2H3. The minimum Gasteiger partial charge on any atom is -0.493 e. The van der Waals surface area contributed by atoms with E-state index < -0.39 is 0 Å². The quantitative estimate of drug-likeness (QED) is 0.534. The summed E-state index contributed by atoms with van der Waals surface area (Å²) in [4.78, 5) is 29.3. The highest BCUT2D eigenvalue weighted by Crippen LogP contribution is 2.36. The van der Waals surface area contributed by atoms with Gasteiger partial charge in [-0.3, -0.25) is 4.79 Å². The number of ether oxygens (including phenoxy) is 2. The fraction of sp³-hybridized carbons (Fsp3) is 0.346. The van der Waals surface area contributed by atoms with Crippen molar-refractivity contribution in [3.8, 4) is 17.4 Å². The van der Waals surface area contributed by atoms with Gasteiger partial charge in [0.2, 0.25) is 11.8 Å². The van der Waals surface area contributed by atoms with Crippen LogP contribution in [0.2, 0.25) is 5.02 Å². The topological polar surface area (TPSA) is 71.0 Å². The van der Waals surface area contributed by atoms with Crippen molar-refractivity contribution >= 4 is 23.5 Å². The third kappa shape index (κ3) is 4.90. The largest absolute Gasteiger partial charge is 0.493 e. The van der Waals surface area contributed by atoms with E-state index in [2.05, 4.69) is 16.8 Å². The van der Waals surface area contributed by atoms with Crippen LogP contribution < -0.4 is 14.4 Å². The third-order valence-electron chi connectivity index (χ3n) is 6.46. The van der Waals surface area contributed by atoms with Crippen LogP contribution in [0.3, 0.4) is 0 Å². The highest BCUT2D eigenvalue weighted by Gasteiger charge is 2.30. The van der Waals surface area contributed by atoms with E-state index in [1.54, 1.807) is 24.1 Å². The van der Waals surface area contributed by atoms with E-state index in [0.717, 1.165) is 37.4 Å². The molecule has 3 aromatic rings. The Hall–Kier alpha value is -3.36. The van der Waals surface area contributed by atoms with Gasteiger partial charge in [-0.2, -0.15) is 4.98 Å². The van der Waals surface area contributed by atoms with E-state index in [0.29, 0.717) is 53.4 Å². The number of nitrogens with zero attached hydrogens (tertiary/aromatic N) is 5. The molecular formula is C26H28ClN5O3. The van der Waals surface area contributed by atoms with Gasteiger partial charge in [0.05, 0.1) is 35.5 Å². The molecule has 1 amide bonds. The van der Waals surface area contributed by atoms with E-state index >= 15 is 0 Å². The van der Waals surface area contributed by atoms with Gasteiger partial charge in [-0.15, -0.1) is 0 Å². The second-order valence-corrected chi connectivity index (χ2v) is 9.16. The van der Waals surface area contributed by atoms with Crippen molar-refractivity contribution in [3.63, 3.8) is 0 Å². The minimum atomic E-state index is -0.118. The van der Waals surface area contributed by atoms with Gasteiger partial charge >= 0.3 is 0 Å². The van der Waals surface area contributed by atoms with Crippen molar-refractivity contribution < 1.29 is 14.3 Å². The summed E-state index contributed by atoms with van der Waals surface area (Å²) in [5.41, 5.74) is 2.20. The molecule has 0 spiro atoms. The molecule has 3 heterocycles. The average Bonchev–Trinajstić information content (AvgIpc) is 2.89. The zero-order valence-corrected chi connectivity index (χ0v) is 20.7. The van der Waals surface area contributed by atoms with Crippen molar-refractivity contribution in [2.75, 3.05) is 51.8 Å². The van der Waals surface area contributed by atoms with Crippen LogP contribution >= 0.6 is 11.6 Å². The van der Waals surface area contributed by atoms with Crippen LogP contribution in [0.5, 0.6) is 17.4 Å². The summed E-state index contributed by atoms with van der Waals surface area (Å²) >= 11 is 6.31. The summed E-state index contributed by atoms with van der Waals surface area (Å²) in [6, 6.07) is 14.6. The van der Waals surface area contributed by atoms with Crippen LogP contribution in [0, 0.1) is 0 Å². The number of carbonyl (C=O) groups excluding carboxylic acids is 1. The number of hydrogen-bond donors (Lipinski definition) is 0. The Labute approximate surface area is 210 Å². The molecule has 0 radical (unpaired) electrons. The Kier molecular flexibility index (Phi) is 6.74. The molecule has 0 aliphatic carbocycles.